The molecule has 6 nitrogen and oxygen atoms in total. The Balaban J connectivity index is 3.07. The third-order valence-corrected chi connectivity index (χ3v) is 3.95. The highest BCUT2D eigenvalue weighted by atomic mass is 32.2. The lowest BCUT2D eigenvalue weighted by atomic mass is 10.1. The second-order valence-corrected chi connectivity index (χ2v) is 5.50. The number of aliphatic hydroxyl groups is 1. The fourth-order valence-corrected chi connectivity index (χ4v) is 2.73. The number of hydrogen-bond donors (Lipinski definition) is 3. The van der Waals surface area contributed by atoms with Gasteiger partial charge in [-0.3, -0.25) is 0 Å². The Hall–Kier alpha value is -1.44. The summed E-state index contributed by atoms with van der Waals surface area (Å²) in [5, 5.41) is 17.4. The molecule has 0 aliphatic heterocycles. The number of aromatic carboxylic acids is 1. The van der Waals surface area contributed by atoms with Crippen molar-refractivity contribution >= 4 is 16.0 Å². The molecule has 1 aromatic rings. The molecule has 3 N–H and O–H groups in total. The van der Waals surface area contributed by atoms with Crippen molar-refractivity contribution in [3.05, 3.63) is 29.3 Å². The van der Waals surface area contributed by atoms with E-state index < -0.39 is 16.0 Å². The number of carboxylic acids is 1. The topological polar surface area (TPSA) is 104 Å². The van der Waals surface area contributed by atoms with Gasteiger partial charge in [-0.25, -0.2) is 17.9 Å². The van der Waals surface area contributed by atoms with E-state index in [9.17, 15) is 13.2 Å². The molecule has 0 unspecified atom stereocenters. The van der Waals surface area contributed by atoms with Crippen LogP contribution < -0.4 is 4.72 Å². The summed E-state index contributed by atoms with van der Waals surface area (Å²) >= 11 is 0. The van der Waals surface area contributed by atoms with Gasteiger partial charge in [0.1, 0.15) is 0 Å². The zero-order valence-electron chi connectivity index (χ0n) is 9.88. The van der Waals surface area contributed by atoms with Crippen molar-refractivity contribution in [1.82, 2.24) is 4.72 Å². The maximum Gasteiger partial charge on any atom is 0.335 e. The second-order valence-electron chi connectivity index (χ2n) is 3.76. The quantitative estimate of drug-likeness (QED) is 0.649. The Morgan fingerprint density at radius 1 is 1.39 bits per heavy atom. The Bertz CT molecular complexity index is 538. The van der Waals surface area contributed by atoms with Gasteiger partial charge < -0.3 is 10.2 Å². The Kier molecular flexibility index (Phi) is 4.83. The van der Waals surface area contributed by atoms with Crippen LogP contribution in [0.2, 0.25) is 0 Å². The van der Waals surface area contributed by atoms with E-state index in [4.69, 9.17) is 10.2 Å². The maximum atomic E-state index is 11.9. The van der Waals surface area contributed by atoms with E-state index in [1.807, 2.05) is 0 Å². The van der Waals surface area contributed by atoms with Crippen molar-refractivity contribution in [2.24, 2.45) is 0 Å². The molecule has 1 aromatic carbocycles. The average Bonchev–Trinajstić information content (AvgIpc) is 2.29. The van der Waals surface area contributed by atoms with Crippen LogP contribution in [0.3, 0.4) is 0 Å². The number of carbonyl (C=O) groups is 1. The van der Waals surface area contributed by atoms with Gasteiger partial charge in [-0.15, -0.1) is 0 Å². The molecule has 100 valence electrons. The summed E-state index contributed by atoms with van der Waals surface area (Å²) in [7, 11) is -3.74. The summed E-state index contributed by atoms with van der Waals surface area (Å²) in [5.74, 6) is -1.18. The number of carboxylic acid groups (broad SMARTS) is 1. The molecule has 0 radical (unpaired) electrons. The molecule has 0 bridgehead atoms. The number of aliphatic hydroxyl groups excluding tert-OH is 1. The second kappa shape index (κ2) is 5.94. The summed E-state index contributed by atoms with van der Waals surface area (Å²) in [6.45, 7) is 1.58. The number of rotatable bonds is 6. The van der Waals surface area contributed by atoms with Crippen molar-refractivity contribution in [1.29, 1.82) is 0 Å². The van der Waals surface area contributed by atoms with Gasteiger partial charge in [-0.05, 0) is 31.0 Å². The molecule has 0 saturated heterocycles. The normalized spacial score (nSPS) is 11.4. The van der Waals surface area contributed by atoms with Gasteiger partial charge >= 0.3 is 5.97 Å². The van der Waals surface area contributed by atoms with Gasteiger partial charge in [0.2, 0.25) is 10.0 Å². The average molecular weight is 273 g/mol. The van der Waals surface area contributed by atoms with Crippen LogP contribution in [0.15, 0.2) is 23.1 Å². The van der Waals surface area contributed by atoms with E-state index >= 15 is 0 Å². The molecular formula is C11H15NO5S. The molecule has 7 heteroatoms. The summed E-state index contributed by atoms with van der Waals surface area (Å²) < 4.78 is 26.1. The fourth-order valence-electron chi connectivity index (χ4n) is 1.39. The van der Waals surface area contributed by atoms with Gasteiger partial charge in [0.25, 0.3) is 0 Å². The number of sulfonamides is 1. The van der Waals surface area contributed by atoms with E-state index in [1.165, 1.54) is 12.1 Å². The minimum atomic E-state index is -3.74. The van der Waals surface area contributed by atoms with Crippen LogP contribution in [0.25, 0.3) is 0 Å². The van der Waals surface area contributed by atoms with Crippen molar-refractivity contribution in [3.8, 4) is 0 Å². The van der Waals surface area contributed by atoms with E-state index in [2.05, 4.69) is 4.72 Å². The fraction of sp³-hybridized carbons (Fsp3) is 0.364. The van der Waals surface area contributed by atoms with Gasteiger partial charge in [-0.2, -0.15) is 0 Å². The molecule has 0 aromatic heterocycles. The molecule has 0 saturated carbocycles. The Morgan fingerprint density at radius 3 is 2.61 bits per heavy atom. The molecule has 1 rings (SSSR count). The van der Waals surface area contributed by atoms with E-state index in [1.54, 1.807) is 6.92 Å². The largest absolute Gasteiger partial charge is 0.478 e. The van der Waals surface area contributed by atoms with Crippen LogP contribution in [-0.2, 0) is 10.0 Å². The summed E-state index contributed by atoms with van der Waals surface area (Å²) in [5.41, 5.74) is 0.389. The summed E-state index contributed by atoms with van der Waals surface area (Å²) in [6.07, 6.45) is 0.302. The summed E-state index contributed by atoms with van der Waals surface area (Å²) in [4.78, 5) is 10.7. The molecule has 0 amide bonds. The predicted octanol–water partition coefficient (Wildman–Crippen LogP) is 0.354. The molecule has 0 aliphatic carbocycles. The van der Waals surface area contributed by atoms with Gasteiger partial charge in [0.15, 0.2) is 0 Å². The standard InChI is InChI=1S/C11H15NO5S/c1-8-3-4-9(11(14)15)7-10(8)18(16,17)12-5-2-6-13/h3-4,7,12-13H,2,5-6H2,1H3,(H,14,15). The van der Waals surface area contributed by atoms with Crippen LogP contribution in [0.4, 0.5) is 0 Å². The van der Waals surface area contributed by atoms with Gasteiger partial charge in [0, 0.05) is 13.2 Å². The Morgan fingerprint density at radius 2 is 2.06 bits per heavy atom. The molecular weight excluding hydrogens is 258 g/mol. The zero-order chi connectivity index (χ0) is 13.8. The van der Waals surface area contributed by atoms with Crippen LogP contribution in [0.5, 0.6) is 0 Å². The number of hydrogen-bond acceptors (Lipinski definition) is 4. The van der Waals surface area contributed by atoms with Crippen LogP contribution >= 0.6 is 0 Å². The van der Waals surface area contributed by atoms with Crippen molar-refractivity contribution < 1.29 is 23.4 Å². The first kappa shape index (κ1) is 14.6. The lowest BCUT2D eigenvalue weighted by Crippen LogP contribution is -2.26. The van der Waals surface area contributed by atoms with E-state index in [0.717, 1.165) is 6.07 Å². The number of aryl methyl sites for hydroxylation is 1. The SMILES string of the molecule is Cc1ccc(C(=O)O)cc1S(=O)(=O)NCCCO. The van der Waals surface area contributed by atoms with Crippen molar-refractivity contribution in [2.45, 2.75) is 18.2 Å². The van der Waals surface area contributed by atoms with Crippen LogP contribution in [-0.4, -0.2) is 37.8 Å². The first-order valence-electron chi connectivity index (χ1n) is 5.33. The molecule has 18 heavy (non-hydrogen) atoms. The lowest BCUT2D eigenvalue weighted by Gasteiger charge is -2.09. The maximum absolute atomic E-state index is 11.9. The monoisotopic (exact) mass is 273 g/mol. The third kappa shape index (κ3) is 3.52. The highest BCUT2D eigenvalue weighted by Gasteiger charge is 2.18. The first-order chi connectivity index (χ1) is 8.38. The van der Waals surface area contributed by atoms with E-state index in [0.29, 0.717) is 12.0 Å². The molecule has 0 heterocycles. The predicted molar refractivity (Wildman–Crippen MR) is 65.0 cm³/mol. The number of nitrogens with one attached hydrogen (secondary N) is 1. The highest BCUT2D eigenvalue weighted by Crippen LogP contribution is 2.17. The van der Waals surface area contributed by atoms with Gasteiger partial charge in [0.05, 0.1) is 10.5 Å². The number of benzene rings is 1. The molecule has 0 atom stereocenters. The molecule has 0 spiro atoms. The van der Waals surface area contributed by atoms with Crippen molar-refractivity contribution in [3.63, 3.8) is 0 Å². The zero-order valence-corrected chi connectivity index (χ0v) is 10.7. The van der Waals surface area contributed by atoms with Crippen LogP contribution in [0.1, 0.15) is 22.3 Å². The lowest BCUT2D eigenvalue weighted by molar-refractivity contribution is 0.0696. The Labute approximate surface area is 105 Å². The van der Waals surface area contributed by atoms with Crippen molar-refractivity contribution in [2.75, 3.05) is 13.2 Å². The van der Waals surface area contributed by atoms with E-state index in [-0.39, 0.29) is 23.6 Å². The van der Waals surface area contributed by atoms with Crippen LogP contribution in [0, 0.1) is 6.92 Å². The third-order valence-electron chi connectivity index (χ3n) is 2.35. The molecule has 0 aliphatic rings. The first-order valence-corrected chi connectivity index (χ1v) is 6.81. The highest BCUT2D eigenvalue weighted by molar-refractivity contribution is 7.89. The smallest absolute Gasteiger partial charge is 0.335 e. The van der Waals surface area contributed by atoms with Gasteiger partial charge in [-0.1, -0.05) is 6.07 Å². The molecule has 0 fully saturated rings. The minimum Gasteiger partial charge on any atom is -0.478 e. The minimum absolute atomic E-state index is 0.0552. The summed E-state index contributed by atoms with van der Waals surface area (Å²) in [6, 6.07) is 3.92.